The second-order valence-corrected chi connectivity index (χ2v) is 38.4. The summed E-state index contributed by atoms with van der Waals surface area (Å²) in [6.45, 7) is 28.5. The highest BCUT2D eigenvalue weighted by Crippen LogP contribution is 2.72. The van der Waals surface area contributed by atoms with E-state index in [1.165, 1.54) is 23.1 Å². The summed E-state index contributed by atoms with van der Waals surface area (Å²) in [4.78, 5) is 73.1. The Kier molecular flexibility index (Phi) is 18.4. The normalized spacial score (nSPS) is 50.0. The van der Waals surface area contributed by atoms with E-state index in [1.54, 1.807) is 43.4 Å². The molecule has 14 fully saturated rings. The van der Waals surface area contributed by atoms with Crippen molar-refractivity contribution in [2.75, 3.05) is 26.4 Å². The van der Waals surface area contributed by atoms with Gasteiger partial charge in [-0.3, -0.25) is 28.8 Å². The first-order chi connectivity index (χ1) is 48.1. The molecular weight excluding hydrogens is 1280 g/mol. The molecule has 2 saturated heterocycles. The van der Waals surface area contributed by atoms with E-state index in [-0.39, 0.29) is 126 Å². The zero-order valence-corrected chi connectivity index (χ0v) is 63.3. The van der Waals surface area contributed by atoms with Crippen molar-refractivity contribution in [3.05, 3.63) is 95.2 Å². The first-order valence-electron chi connectivity index (χ1n) is 40.2. The predicted octanol–water partition coefficient (Wildman–Crippen LogP) is 14.2. The fraction of sp³-hybridized carbons (Fsp3) is 0.750. The molecule has 0 aromatic heterocycles. The summed E-state index contributed by atoms with van der Waals surface area (Å²) in [5, 5.41) is 44.0. The van der Waals surface area contributed by atoms with E-state index in [2.05, 4.69) is 81.4 Å². The molecule has 28 atom stereocenters. The molecule has 0 radical (unpaired) electrons. The summed E-state index contributed by atoms with van der Waals surface area (Å²) < 4.78 is 24.2. The molecule has 2 aliphatic heterocycles. The third-order valence-electron chi connectivity index (χ3n) is 33.9. The first-order valence-corrected chi connectivity index (χ1v) is 40.2. The maximum Gasteiger partial charge on any atom is 0.178 e. The fourth-order valence-electron chi connectivity index (χ4n) is 29.7. The number of carbonyl (C=O) groups is 6. The zero-order chi connectivity index (χ0) is 72.6. The summed E-state index contributed by atoms with van der Waals surface area (Å²) in [5.74, 6) is 5.58. The van der Waals surface area contributed by atoms with Gasteiger partial charge in [0, 0.05) is 69.5 Å². The van der Waals surface area contributed by atoms with E-state index in [0.717, 1.165) is 115 Å². The van der Waals surface area contributed by atoms with Crippen molar-refractivity contribution in [3.8, 4) is 0 Å². The van der Waals surface area contributed by atoms with Gasteiger partial charge < -0.3 is 39.4 Å². The van der Waals surface area contributed by atoms with Gasteiger partial charge in [0.25, 0.3) is 0 Å². The molecule has 2 heterocycles. The van der Waals surface area contributed by atoms with E-state index in [1.807, 2.05) is 31.2 Å². The molecule has 14 heteroatoms. The van der Waals surface area contributed by atoms with E-state index in [4.69, 9.17) is 18.9 Å². The smallest absolute Gasteiger partial charge is 0.178 e. The molecular formula is C88H120O14. The molecule has 18 aliphatic rings. The third kappa shape index (κ3) is 11.1. The van der Waals surface area contributed by atoms with Gasteiger partial charge in [-0.2, -0.15) is 0 Å². The van der Waals surface area contributed by atoms with E-state index < -0.39 is 17.7 Å². The predicted molar refractivity (Wildman–Crippen MR) is 388 cm³/mol. The van der Waals surface area contributed by atoms with Gasteiger partial charge in [0.05, 0.1) is 50.8 Å². The summed E-state index contributed by atoms with van der Waals surface area (Å²) in [7, 11) is 0. The molecule has 0 aromatic carbocycles. The van der Waals surface area contributed by atoms with Crippen LogP contribution in [-0.4, -0.2) is 118 Å². The standard InChI is InChI=1S/C23H32O4.C23H30O4.C21H30O3.C21H28O3/c2*1-21-9-8-15(24)12-14(21)4-5-16-17-6-7-19(23(3)26-10-11-27-23)22(17,2)13-18(25)20(16)21;2*1-12(22)16-6-7-17-15-5-4-13-10-14(23)8-9-20(13,2)19(15)18(24)11-21(16,17)3/h8-9,12,16-20,25H,4-7,10-11,13H2,1-3H3;8-9,12,16-17,19-20H,4-7,10-11,13H2,1-3H3;8-10,12,15-19,22,24H,4-7,11H2,1-3H3;8-10,15-19,24H,4-7,11H2,1-3H3/t16-,17-,18-,19-,20+,21-,22-;16-,17-,19-,20+,21-,22-;12?,15-,16+,17-,18-,19+,20-,21+;15-,16+,17-,18-,19+,20-,21+/m0000/s1. The monoisotopic (exact) mass is 1400 g/mol. The molecule has 0 amide bonds. The van der Waals surface area contributed by atoms with Gasteiger partial charge in [0.2, 0.25) is 0 Å². The highest BCUT2D eigenvalue weighted by Gasteiger charge is 2.69. The van der Waals surface area contributed by atoms with Gasteiger partial charge >= 0.3 is 0 Å². The number of carbonyl (C=O) groups excluding carboxylic acids is 6. The van der Waals surface area contributed by atoms with Crippen LogP contribution in [0.25, 0.3) is 0 Å². The summed E-state index contributed by atoms with van der Waals surface area (Å²) in [5.41, 5.74) is 3.93. The van der Waals surface area contributed by atoms with Gasteiger partial charge in [-0.1, -0.05) is 102 Å². The Hall–Kier alpha value is -4.38. The van der Waals surface area contributed by atoms with Gasteiger partial charge in [-0.15, -0.1) is 0 Å². The van der Waals surface area contributed by atoms with Crippen molar-refractivity contribution >= 4 is 34.7 Å². The number of Topliss-reactive ketones (excluding diaryl/α,β-unsaturated/α-hetero) is 2. The first kappa shape index (κ1) is 73.1. The number of aliphatic hydroxyl groups excluding tert-OH is 4. The zero-order valence-electron chi connectivity index (χ0n) is 63.3. The number of ketones is 6. The van der Waals surface area contributed by atoms with Crippen molar-refractivity contribution < 1.29 is 68.1 Å². The Balaban J connectivity index is 0.000000110. The Labute approximate surface area is 606 Å². The minimum atomic E-state index is -0.544. The van der Waals surface area contributed by atoms with Crippen LogP contribution >= 0.6 is 0 Å². The number of rotatable bonds is 4. The van der Waals surface area contributed by atoms with Crippen molar-refractivity contribution in [1.82, 2.24) is 0 Å². The summed E-state index contributed by atoms with van der Waals surface area (Å²) >= 11 is 0. The maximum atomic E-state index is 13.6. The number of hydrogen-bond donors (Lipinski definition) is 4. The minimum Gasteiger partial charge on any atom is -0.393 e. The Morgan fingerprint density at radius 1 is 0.422 bits per heavy atom. The van der Waals surface area contributed by atoms with E-state index in [9.17, 15) is 49.2 Å². The molecule has 102 heavy (non-hydrogen) atoms. The molecule has 18 rings (SSSR count). The lowest BCUT2D eigenvalue weighted by atomic mass is 9.46. The van der Waals surface area contributed by atoms with Gasteiger partial charge in [-0.05, 0) is 273 Å². The van der Waals surface area contributed by atoms with E-state index >= 15 is 0 Å². The molecule has 4 N–H and O–H groups in total. The average molecular weight is 1400 g/mol. The van der Waals surface area contributed by atoms with Gasteiger partial charge in [0.1, 0.15) is 11.6 Å². The van der Waals surface area contributed by atoms with Crippen molar-refractivity contribution in [3.63, 3.8) is 0 Å². The third-order valence-corrected chi connectivity index (χ3v) is 33.9. The van der Waals surface area contributed by atoms with Crippen molar-refractivity contribution in [2.45, 2.75) is 247 Å². The van der Waals surface area contributed by atoms with Crippen LogP contribution in [-0.2, 0) is 47.7 Å². The van der Waals surface area contributed by atoms with E-state index in [0.29, 0.717) is 104 Å². The highest BCUT2D eigenvalue weighted by molar-refractivity contribution is 6.03. The number of aliphatic hydroxyl groups is 4. The molecule has 0 spiro atoms. The number of allylic oxidation sites excluding steroid dienone is 16. The van der Waals surface area contributed by atoms with Crippen molar-refractivity contribution in [2.24, 2.45) is 138 Å². The molecule has 0 aromatic rings. The summed E-state index contributed by atoms with van der Waals surface area (Å²) in [6, 6.07) is 0. The maximum absolute atomic E-state index is 13.6. The van der Waals surface area contributed by atoms with Crippen LogP contribution in [0.3, 0.4) is 0 Å². The second-order valence-electron chi connectivity index (χ2n) is 38.4. The molecule has 16 aliphatic carbocycles. The number of hydrogen-bond acceptors (Lipinski definition) is 14. The van der Waals surface area contributed by atoms with Crippen LogP contribution in [0.4, 0.5) is 0 Å². The van der Waals surface area contributed by atoms with Crippen LogP contribution in [0, 0.1) is 138 Å². The Bertz CT molecular complexity index is 3700. The van der Waals surface area contributed by atoms with Gasteiger partial charge in [0.15, 0.2) is 34.7 Å². The van der Waals surface area contributed by atoms with Crippen LogP contribution in [0.5, 0.6) is 0 Å². The average Bonchev–Trinajstić information content (AvgIpc) is 1.36. The molecule has 14 nitrogen and oxygen atoms in total. The Morgan fingerprint density at radius 2 is 0.755 bits per heavy atom. The quantitative estimate of drug-likeness (QED) is 0.206. The molecule has 12 saturated carbocycles. The molecule has 556 valence electrons. The van der Waals surface area contributed by atoms with Crippen LogP contribution in [0.1, 0.15) is 212 Å². The minimum absolute atomic E-state index is 0.0110. The highest BCUT2D eigenvalue weighted by atomic mass is 16.7. The number of ether oxygens (including phenoxy) is 4. The fourth-order valence-corrected chi connectivity index (χ4v) is 29.7. The van der Waals surface area contributed by atoms with Crippen LogP contribution in [0.15, 0.2) is 95.2 Å². The second kappa shape index (κ2) is 25.6. The SMILES string of the molecule is CC(=O)[C@H]1CC[C@H]2[C@@H]3CCC4=CC(=O)C=C[C@]4(C)[C@H]3[C@@H](O)C[C@]12C.CC(O)[C@H]1CC[C@H]2[C@@H]3CCC4=CC(=O)C=C[C@]4(C)[C@H]3[C@@H](O)C[C@]12C.CC1([C@H]2CC[C@H]3[C@@H]4CCC5=CC(=O)C=C[C@]5(C)[C@H]4C(=O)C[C@]23C)OCCO1.CC1([C@H]2CC[C@H]3[C@@H]4CCC5=CC(=O)C=C[C@]5(C)[C@H]4[C@@H](O)C[C@]23C)OCCO1. The van der Waals surface area contributed by atoms with Gasteiger partial charge in [-0.25, -0.2) is 0 Å². The number of fused-ring (bicyclic) bond motifs is 20. The van der Waals surface area contributed by atoms with Crippen LogP contribution in [0.2, 0.25) is 0 Å². The molecule has 1 unspecified atom stereocenters. The van der Waals surface area contributed by atoms with Crippen LogP contribution < -0.4 is 0 Å². The van der Waals surface area contributed by atoms with Crippen molar-refractivity contribution in [1.29, 1.82) is 0 Å². The lowest BCUT2D eigenvalue weighted by molar-refractivity contribution is -0.223. The molecule has 0 bridgehead atoms. The lowest BCUT2D eigenvalue weighted by Gasteiger charge is -2.59. The summed E-state index contributed by atoms with van der Waals surface area (Å²) in [6.07, 6.45) is 40.5. The Morgan fingerprint density at radius 3 is 1.18 bits per heavy atom. The lowest BCUT2D eigenvalue weighted by Crippen LogP contribution is -2.57. The largest absolute Gasteiger partial charge is 0.393 e. The topological polar surface area (TPSA) is 220 Å².